The van der Waals surface area contributed by atoms with Gasteiger partial charge in [0, 0.05) is 17.8 Å². The third kappa shape index (κ3) is 7.48. The van der Waals surface area contributed by atoms with Gasteiger partial charge in [0.25, 0.3) is 0 Å². The number of alkyl halides is 6. The fourth-order valence-corrected chi connectivity index (χ4v) is 4.80. The Kier molecular flexibility index (Phi) is 8.60. The minimum absolute atomic E-state index is 0.0203. The van der Waals surface area contributed by atoms with E-state index in [1.165, 1.54) is 12.1 Å². The normalized spacial score (nSPS) is 12.5. The fraction of sp³-hybridized carbons (Fsp3) is 0.107. The van der Waals surface area contributed by atoms with Crippen LogP contribution in [0.4, 0.5) is 42.5 Å². The molecule has 2 amide bonds. The van der Waals surface area contributed by atoms with Crippen LogP contribution in [0.25, 0.3) is 11.1 Å². The number of halogens is 6. The van der Waals surface area contributed by atoms with Crippen LogP contribution in [-0.2, 0) is 30.3 Å². The van der Waals surface area contributed by atoms with Crippen LogP contribution in [0, 0.1) is 0 Å². The largest absolute Gasteiger partial charge is 0.588 e. The van der Waals surface area contributed by atoms with Gasteiger partial charge in [-0.2, -0.15) is 26.3 Å². The summed E-state index contributed by atoms with van der Waals surface area (Å²) in [5.41, 5.74) is -0.826. The lowest BCUT2D eigenvalue weighted by atomic mass is 10.0. The maximum atomic E-state index is 13.0. The minimum atomic E-state index is -4.98. The molecule has 208 valence electrons. The molecular weight excluding hydrogens is 556 g/mol. The molecule has 0 aliphatic rings. The van der Waals surface area contributed by atoms with Crippen LogP contribution in [-0.4, -0.2) is 10.6 Å². The second kappa shape index (κ2) is 11.9. The molecule has 0 fully saturated rings. The lowest BCUT2D eigenvalue weighted by Gasteiger charge is -2.15. The van der Waals surface area contributed by atoms with Crippen LogP contribution in [0.3, 0.4) is 0 Å². The topological polar surface area (TPSA) is 76.2 Å². The van der Waals surface area contributed by atoms with Gasteiger partial charge >= 0.3 is 18.4 Å². The molecule has 1 atom stereocenters. The summed E-state index contributed by atoms with van der Waals surface area (Å²) in [6, 6.07) is 23.1. The molecule has 12 heteroatoms. The first-order chi connectivity index (χ1) is 18.9. The highest BCUT2D eigenvalue weighted by atomic mass is 32.2. The number of rotatable bonds is 7. The van der Waals surface area contributed by atoms with Crippen LogP contribution in [0.15, 0.2) is 102 Å². The van der Waals surface area contributed by atoms with E-state index in [4.69, 9.17) is 0 Å². The number of urea groups is 1. The smallest absolute Gasteiger partial charge is 0.416 e. The molecular formula is C28H21F6N3O2S. The van der Waals surface area contributed by atoms with Gasteiger partial charge in [-0.05, 0) is 65.7 Å². The first kappa shape index (κ1) is 28.8. The van der Waals surface area contributed by atoms with E-state index in [9.17, 15) is 35.7 Å². The highest BCUT2D eigenvalue weighted by molar-refractivity contribution is 7.92. The van der Waals surface area contributed by atoms with Crippen molar-refractivity contribution in [2.45, 2.75) is 23.8 Å². The molecule has 3 N–H and O–H groups in total. The van der Waals surface area contributed by atoms with Crippen molar-refractivity contribution < 1.29 is 35.7 Å². The van der Waals surface area contributed by atoms with Gasteiger partial charge in [0.15, 0.2) is 4.90 Å². The first-order valence-electron chi connectivity index (χ1n) is 11.7. The highest BCUT2D eigenvalue weighted by Crippen LogP contribution is 2.36. The van der Waals surface area contributed by atoms with Gasteiger partial charge in [-0.3, -0.25) is 0 Å². The van der Waals surface area contributed by atoms with Crippen LogP contribution < -0.4 is 15.4 Å². The third-order valence-electron chi connectivity index (χ3n) is 5.63. The second-order valence-electron chi connectivity index (χ2n) is 8.53. The zero-order valence-corrected chi connectivity index (χ0v) is 21.3. The summed E-state index contributed by atoms with van der Waals surface area (Å²) >= 11 is -1.61. The summed E-state index contributed by atoms with van der Waals surface area (Å²) in [7, 11) is 0. The molecule has 0 spiro atoms. The summed E-state index contributed by atoms with van der Waals surface area (Å²) < 4.78 is 94.2. The summed E-state index contributed by atoms with van der Waals surface area (Å²) in [5.74, 6) is 0. The van der Waals surface area contributed by atoms with Gasteiger partial charge in [0.2, 0.25) is 0 Å². The van der Waals surface area contributed by atoms with Crippen molar-refractivity contribution in [3.8, 4) is 11.1 Å². The number of carbonyl (C=O) groups is 1. The van der Waals surface area contributed by atoms with Crippen molar-refractivity contribution in [3.05, 3.63) is 114 Å². The van der Waals surface area contributed by atoms with Crippen LogP contribution >= 0.6 is 0 Å². The molecule has 5 nitrogen and oxygen atoms in total. The molecule has 0 saturated carbocycles. The molecule has 0 radical (unpaired) electrons. The average Bonchev–Trinajstić information content (AvgIpc) is 2.92. The Balaban J connectivity index is 1.38. The Morgan fingerprint density at radius 3 is 1.88 bits per heavy atom. The molecule has 4 rings (SSSR count). The number of anilines is 2. The van der Waals surface area contributed by atoms with Crippen molar-refractivity contribution in [1.82, 2.24) is 5.32 Å². The van der Waals surface area contributed by atoms with Gasteiger partial charge in [-0.15, -0.1) is 0 Å². The number of hydrogen-bond acceptors (Lipinski definition) is 3. The van der Waals surface area contributed by atoms with Gasteiger partial charge in [0.1, 0.15) is 11.4 Å². The number of hydrogen-bond donors (Lipinski definition) is 3. The van der Waals surface area contributed by atoms with Gasteiger partial charge in [-0.1, -0.05) is 42.5 Å². The van der Waals surface area contributed by atoms with E-state index in [1.807, 2.05) is 42.5 Å². The molecule has 0 aliphatic carbocycles. The Hall–Kier alpha value is -4.16. The Labute approximate surface area is 228 Å². The van der Waals surface area contributed by atoms with Crippen molar-refractivity contribution in [2.24, 2.45) is 0 Å². The lowest BCUT2D eigenvalue weighted by molar-refractivity contribution is -0.143. The van der Waals surface area contributed by atoms with E-state index in [0.717, 1.165) is 11.1 Å². The van der Waals surface area contributed by atoms with Crippen molar-refractivity contribution in [1.29, 1.82) is 0 Å². The monoisotopic (exact) mass is 577 g/mol. The maximum absolute atomic E-state index is 13.0. The Morgan fingerprint density at radius 2 is 1.27 bits per heavy atom. The van der Waals surface area contributed by atoms with E-state index in [1.54, 1.807) is 24.3 Å². The van der Waals surface area contributed by atoms with Crippen molar-refractivity contribution in [2.75, 3.05) is 10.0 Å². The zero-order valence-electron chi connectivity index (χ0n) is 20.4. The van der Waals surface area contributed by atoms with E-state index in [-0.39, 0.29) is 11.6 Å². The number of carbonyl (C=O) groups excluding carboxylic acids is 1. The van der Waals surface area contributed by atoms with Gasteiger partial charge < -0.3 is 15.2 Å². The maximum Gasteiger partial charge on any atom is 0.416 e. The molecule has 4 aromatic carbocycles. The number of benzene rings is 4. The lowest BCUT2D eigenvalue weighted by Crippen LogP contribution is -2.28. The van der Waals surface area contributed by atoms with E-state index in [0.29, 0.717) is 28.4 Å². The van der Waals surface area contributed by atoms with E-state index in [2.05, 4.69) is 15.4 Å². The van der Waals surface area contributed by atoms with Crippen LogP contribution in [0.2, 0.25) is 0 Å². The molecule has 0 saturated heterocycles. The summed E-state index contributed by atoms with van der Waals surface area (Å²) in [4.78, 5) is 12.8. The average molecular weight is 578 g/mol. The SMILES string of the molecule is O=C(NCc1cc(C(F)(F)F)cc(C(F)(F)F)c1)Nc1ccc(N[S+]([O-])c2ccccc2-c2ccccc2)cc1. The molecule has 4 aromatic rings. The summed E-state index contributed by atoms with van der Waals surface area (Å²) in [6.45, 7) is -0.571. The fourth-order valence-electron chi connectivity index (χ4n) is 3.75. The highest BCUT2D eigenvalue weighted by Gasteiger charge is 2.36. The van der Waals surface area contributed by atoms with Crippen LogP contribution in [0.1, 0.15) is 16.7 Å². The molecule has 1 unspecified atom stereocenters. The quantitative estimate of drug-likeness (QED) is 0.155. The van der Waals surface area contributed by atoms with Crippen molar-refractivity contribution in [3.63, 3.8) is 0 Å². The number of nitrogens with one attached hydrogen (secondary N) is 3. The van der Waals surface area contributed by atoms with Crippen molar-refractivity contribution >= 4 is 28.8 Å². The van der Waals surface area contributed by atoms with E-state index >= 15 is 0 Å². The van der Waals surface area contributed by atoms with E-state index < -0.39 is 47.4 Å². The predicted octanol–water partition coefficient (Wildman–Crippen LogP) is 7.85. The third-order valence-corrected chi connectivity index (χ3v) is 6.80. The molecule has 0 aromatic heterocycles. The molecule has 0 heterocycles. The zero-order chi connectivity index (χ0) is 28.9. The minimum Gasteiger partial charge on any atom is -0.588 e. The van der Waals surface area contributed by atoms with Crippen LogP contribution in [0.5, 0.6) is 0 Å². The molecule has 0 bridgehead atoms. The standard InChI is InChI=1S/C28H21F6N3O2S/c29-27(30,31)20-14-18(15-21(16-20)28(32,33)34)17-35-26(38)36-22-10-12-23(13-11-22)37-40(39)25-9-5-4-8-24(25)19-6-2-1-3-7-19/h1-16,37H,17H2,(H2,35,36,38). The second-order valence-corrected chi connectivity index (χ2v) is 9.71. The molecule has 0 aliphatic heterocycles. The summed E-state index contributed by atoms with van der Waals surface area (Å²) in [5, 5.41) is 4.69. The van der Waals surface area contributed by atoms with Gasteiger partial charge in [0.05, 0.1) is 16.8 Å². The molecule has 40 heavy (non-hydrogen) atoms. The summed E-state index contributed by atoms with van der Waals surface area (Å²) in [6.07, 6.45) is -9.97. The van der Waals surface area contributed by atoms with Gasteiger partial charge in [-0.25, -0.2) is 9.52 Å². The predicted molar refractivity (Wildman–Crippen MR) is 141 cm³/mol. The number of amides is 2. The Morgan fingerprint density at radius 1 is 0.725 bits per heavy atom. The Bertz CT molecular complexity index is 1430. The first-order valence-corrected chi connectivity index (χ1v) is 12.8.